The van der Waals surface area contributed by atoms with Gasteiger partial charge in [0, 0.05) is 10.8 Å². The molecule has 0 aromatic carbocycles. The first-order valence-electron chi connectivity index (χ1n) is 6.78. The van der Waals surface area contributed by atoms with Gasteiger partial charge in [-0.25, -0.2) is 4.98 Å². The van der Waals surface area contributed by atoms with Crippen molar-refractivity contribution in [3.63, 3.8) is 0 Å². The number of thiazole rings is 1. The molecule has 4 aliphatic carbocycles. The molecule has 0 atom stereocenters. The van der Waals surface area contributed by atoms with Crippen molar-refractivity contribution in [1.29, 1.82) is 0 Å². The first kappa shape index (κ1) is 10.8. The van der Waals surface area contributed by atoms with Crippen molar-refractivity contribution in [2.24, 2.45) is 17.8 Å². The molecule has 1 aromatic rings. The van der Waals surface area contributed by atoms with Crippen LogP contribution in [0.5, 0.6) is 0 Å². The van der Waals surface area contributed by atoms with Gasteiger partial charge in [-0.2, -0.15) is 0 Å². The highest BCUT2D eigenvalue weighted by molar-refractivity contribution is 7.09. The van der Waals surface area contributed by atoms with Gasteiger partial charge < -0.3 is 0 Å². The number of aromatic nitrogens is 1. The minimum atomic E-state index is 0.462. The van der Waals surface area contributed by atoms with Crippen LogP contribution < -0.4 is 0 Å². The van der Waals surface area contributed by atoms with Crippen molar-refractivity contribution in [3.05, 3.63) is 16.1 Å². The van der Waals surface area contributed by atoms with Crippen molar-refractivity contribution in [1.82, 2.24) is 4.98 Å². The van der Waals surface area contributed by atoms with E-state index in [4.69, 9.17) is 16.6 Å². The first-order chi connectivity index (χ1) is 8.27. The zero-order valence-corrected chi connectivity index (χ0v) is 11.6. The van der Waals surface area contributed by atoms with Gasteiger partial charge in [0.1, 0.15) is 0 Å². The van der Waals surface area contributed by atoms with Crippen LogP contribution in [0, 0.1) is 17.8 Å². The lowest BCUT2D eigenvalue weighted by atomic mass is 9.50. The molecule has 0 aliphatic heterocycles. The maximum absolute atomic E-state index is 5.89. The number of alkyl halides is 1. The van der Waals surface area contributed by atoms with Crippen LogP contribution in [-0.4, -0.2) is 4.98 Å². The topological polar surface area (TPSA) is 12.9 Å². The highest BCUT2D eigenvalue weighted by Crippen LogP contribution is 2.61. The van der Waals surface area contributed by atoms with Gasteiger partial charge in [0.2, 0.25) is 0 Å². The second kappa shape index (κ2) is 3.71. The Morgan fingerprint density at radius 2 is 1.76 bits per heavy atom. The van der Waals surface area contributed by atoms with Crippen molar-refractivity contribution in [3.8, 4) is 0 Å². The largest absolute Gasteiger partial charge is 0.244 e. The summed E-state index contributed by atoms with van der Waals surface area (Å²) in [6, 6.07) is 0. The third-order valence-corrected chi connectivity index (χ3v) is 6.59. The Labute approximate surface area is 112 Å². The Morgan fingerprint density at radius 1 is 1.18 bits per heavy atom. The van der Waals surface area contributed by atoms with E-state index in [0.29, 0.717) is 11.3 Å². The van der Waals surface area contributed by atoms with Crippen LogP contribution in [0.3, 0.4) is 0 Å². The van der Waals surface area contributed by atoms with Gasteiger partial charge in [-0.15, -0.1) is 22.9 Å². The lowest BCUT2D eigenvalue weighted by Crippen LogP contribution is -2.48. The highest BCUT2D eigenvalue weighted by atomic mass is 35.5. The van der Waals surface area contributed by atoms with Gasteiger partial charge in [0.05, 0.1) is 16.6 Å². The molecule has 17 heavy (non-hydrogen) atoms. The number of nitrogens with zero attached hydrogens (tertiary/aromatic N) is 1. The van der Waals surface area contributed by atoms with E-state index in [1.807, 2.05) is 11.3 Å². The smallest absolute Gasteiger partial charge is 0.0991 e. The minimum Gasteiger partial charge on any atom is -0.244 e. The van der Waals surface area contributed by atoms with E-state index in [1.165, 1.54) is 43.5 Å². The fourth-order valence-corrected chi connectivity index (χ4v) is 6.27. The summed E-state index contributed by atoms with van der Waals surface area (Å²) in [6.45, 7) is 0. The van der Waals surface area contributed by atoms with Gasteiger partial charge in [-0.05, 0) is 56.3 Å². The minimum absolute atomic E-state index is 0.462. The molecule has 0 amide bonds. The van der Waals surface area contributed by atoms with Crippen molar-refractivity contribution < 1.29 is 0 Å². The lowest BCUT2D eigenvalue weighted by molar-refractivity contribution is -0.00532. The third kappa shape index (κ3) is 1.60. The van der Waals surface area contributed by atoms with Crippen molar-refractivity contribution in [2.75, 3.05) is 0 Å². The first-order valence-corrected chi connectivity index (χ1v) is 8.20. The predicted octanol–water partition coefficient (Wildman–Crippen LogP) is 4.35. The Hall–Kier alpha value is -0.0800. The van der Waals surface area contributed by atoms with E-state index in [0.717, 1.165) is 23.4 Å². The van der Waals surface area contributed by atoms with Gasteiger partial charge in [-0.3, -0.25) is 0 Å². The molecular formula is C14H18ClNS. The molecule has 0 saturated heterocycles. The van der Waals surface area contributed by atoms with Crippen LogP contribution in [-0.2, 0) is 11.3 Å². The second-order valence-corrected chi connectivity index (χ2v) is 7.60. The van der Waals surface area contributed by atoms with E-state index < -0.39 is 0 Å². The van der Waals surface area contributed by atoms with Crippen molar-refractivity contribution >= 4 is 22.9 Å². The van der Waals surface area contributed by atoms with Crippen LogP contribution in [0.2, 0.25) is 0 Å². The standard InChI is InChI=1S/C14H18ClNS/c15-7-12-8-17-13(16-12)14-4-9-1-10(5-14)3-11(2-9)6-14/h8-11H,1-7H2. The molecule has 1 aromatic heterocycles. The normalized spacial score (nSPS) is 43.2. The molecule has 0 spiro atoms. The molecule has 4 fully saturated rings. The van der Waals surface area contributed by atoms with E-state index in [1.54, 1.807) is 0 Å². The Kier molecular flexibility index (Phi) is 2.36. The third-order valence-electron chi connectivity index (χ3n) is 5.18. The molecule has 5 rings (SSSR count). The molecular weight excluding hydrogens is 250 g/mol. The summed E-state index contributed by atoms with van der Waals surface area (Å²) in [5, 5.41) is 3.58. The van der Waals surface area contributed by atoms with Crippen molar-refractivity contribution in [2.45, 2.75) is 49.8 Å². The second-order valence-electron chi connectivity index (χ2n) is 6.48. The summed E-state index contributed by atoms with van der Waals surface area (Å²) in [6.07, 6.45) is 8.75. The predicted molar refractivity (Wildman–Crippen MR) is 71.5 cm³/mol. The SMILES string of the molecule is ClCc1csc(C23CC4CC(CC(C4)C2)C3)n1. The maximum Gasteiger partial charge on any atom is 0.0991 e. The average Bonchev–Trinajstić information content (AvgIpc) is 2.76. The molecule has 92 valence electrons. The van der Waals surface area contributed by atoms with Crippen LogP contribution in [0.25, 0.3) is 0 Å². The molecule has 4 saturated carbocycles. The van der Waals surface area contributed by atoms with E-state index in [9.17, 15) is 0 Å². The monoisotopic (exact) mass is 267 g/mol. The van der Waals surface area contributed by atoms with E-state index in [-0.39, 0.29) is 0 Å². The zero-order valence-electron chi connectivity index (χ0n) is 9.99. The summed E-state index contributed by atoms with van der Waals surface area (Å²) in [5.74, 6) is 3.59. The van der Waals surface area contributed by atoms with Gasteiger partial charge >= 0.3 is 0 Å². The molecule has 1 heterocycles. The summed E-state index contributed by atoms with van der Waals surface area (Å²) in [7, 11) is 0. The maximum atomic E-state index is 5.89. The molecule has 0 N–H and O–H groups in total. The fourth-order valence-electron chi connectivity index (χ4n) is 4.98. The molecule has 4 bridgehead atoms. The summed E-state index contributed by atoms with van der Waals surface area (Å²) in [5.41, 5.74) is 1.55. The van der Waals surface area contributed by atoms with Crippen LogP contribution in [0.1, 0.15) is 49.2 Å². The number of rotatable bonds is 2. The summed E-state index contributed by atoms with van der Waals surface area (Å²) in [4.78, 5) is 4.81. The molecule has 0 unspecified atom stereocenters. The molecule has 3 heteroatoms. The Bertz CT molecular complexity index is 404. The molecule has 4 aliphatic rings. The Morgan fingerprint density at radius 3 is 2.24 bits per heavy atom. The quantitative estimate of drug-likeness (QED) is 0.726. The zero-order chi connectivity index (χ0) is 11.5. The van der Waals surface area contributed by atoms with E-state index >= 15 is 0 Å². The number of halogens is 1. The molecule has 0 radical (unpaired) electrons. The highest BCUT2D eigenvalue weighted by Gasteiger charge is 2.52. The van der Waals surface area contributed by atoms with Crippen LogP contribution in [0.4, 0.5) is 0 Å². The molecule has 1 nitrogen and oxygen atoms in total. The fraction of sp³-hybridized carbons (Fsp3) is 0.786. The average molecular weight is 268 g/mol. The summed E-state index contributed by atoms with van der Waals surface area (Å²) >= 11 is 7.76. The van der Waals surface area contributed by atoms with E-state index in [2.05, 4.69) is 5.38 Å². The van der Waals surface area contributed by atoms with Gasteiger partial charge in [0.15, 0.2) is 0 Å². The summed E-state index contributed by atoms with van der Waals surface area (Å²) < 4.78 is 0. The van der Waals surface area contributed by atoms with Gasteiger partial charge in [0.25, 0.3) is 0 Å². The number of hydrogen-bond donors (Lipinski definition) is 0. The lowest BCUT2D eigenvalue weighted by Gasteiger charge is -2.56. The Balaban J connectivity index is 1.72. The van der Waals surface area contributed by atoms with Crippen LogP contribution >= 0.6 is 22.9 Å². The number of hydrogen-bond acceptors (Lipinski definition) is 2. The van der Waals surface area contributed by atoms with Crippen LogP contribution in [0.15, 0.2) is 5.38 Å². The van der Waals surface area contributed by atoms with Gasteiger partial charge in [-0.1, -0.05) is 0 Å².